The summed E-state index contributed by atoms with van der Waals surface area (Å²) in [4.78, 5) is 14.7. The molecular weight excluding hydrogens is 348 g/mol. The van der Waals surface area contributed by atoms with Gasteiger partial charge in [-0.15, -0.1) is 12.4 Å². The van der Waals surface area contributed by atoms with Gasteiger partial charge in [0.1, 0.15) is 5.69 Å². The fourth-order valence-corrected chi connectivity index (χ4v) is 3.50. The average Bonchev–Trinajstić information content (AvgIpc) is 3.16. The second-order valence-corrected chi connectivity index (χ2v) is 6.85. The molecule has 1 aromatic heterocycles. The van der Waals surface area contributed by atoms with Crippen molar-refractivity contribution in [2.75, 3.05) is 20.1 Å². The van der Waals surface area contributed by atoms with E-state index in [0.717, 1.165) is 38.8 Å². The van der Waals surface area contributed by atoms with E-state index in [2.05, 4.69) is 29.5 Å². The zero-order chi connectivity index (χ0) is 17.6. The van der Waals surface area contributed by atoms with Crippen molar-refractivity contribution >= 4 is 18.3 Å². The number of hydrogen-bond donors (Lipinski definition) is 1. The predicted octanol–water partition coefficient (Wildman–Crippen LogP) is 3.32. The molecule has 5 nitrogen and oxygen atoms in total. The summed E-state index contributed by atoms with van der Waals surface area (Å²) in [6, 6.07) is 12.7. The van der Waals surface area contributed by atoms with Crippen LogP contribution in [0.1, 0.15) is 48.3 Å². The van der Waals surface area contributed by atoms with Gasteiger partial charge in [-0.1, -0.05) is 37.3 Å². The Morgan fingerprint density at radius 3 is 2.77 bits per heavy atom. The third-order valence-electron chi connectivity index (χ3n) is 5.13. The molecule has 1 amide bonds. The fourth-order valence-electron chi connectivity index (χ4n) is 3.50. The van der Waals surface area contributed by atoms with Crippen molar-refractivity contribution < 1.29 is 4.79 Å². The molecule has 142 valence electrons. The minimum atomic E-state index is 0. The highest BCUT2D eigenvalue weighted by molar-refractivity contribution is 5.92. The molecule has 2 atom stereocenters. The van der Waals surface area contributed by atoms with Crippen LogP contribution in [-0.4, -0.2) is 46.8 Å². The molecule has 0 radical (unpaired) electrons. The number of nitrogens with one attached hydrogen (secondary N) is 1. The van der Waals surface area contributed by atoms with E-state index in [-0.39, 0.29) is 24.4 Å². The SMILES string of the molecule is CCC(Cc1ccccc1)N(C)C(=O)c1ccn(C2CCCNC2)n1.Cl. The van der Waals surface area contributed by atoms with Gasteiger partial charge in [0.25, 0.3) is 5.91 Å². The number of benzene rings is 1. The number of hydrogen-bond acceptors (Lipinski definition) is 3. The standard InChI is InChI=1S/C20H28N4O.ClH/c1-3-17(14-16-8-5-4-6-9-16)23(2)20(25)19-11-13-24(22-19)18-10-7-12-21-15-18;/h4-6,8-9,11,13,17-18,21H,3,7,10,12,14-15H2,1-2H3;1H. The third-order valence-corrected chi connectivity index (χ3v) is 5.13. The molecule has 26 heavy (non-hydrogen) atoms. The first-order valence-electron chi connectivity index (χ1n) is 9.26. The van der Waals surface area contributed by atoms with Crippen LogP contribution in [0.5, 0.6) is 0 Å². The number of amides is 1. The molecule has 1 aromatic carbocycles. The molecular formula is C20H29ClN4O. The van der Waals surface area contributed by atoms with Crippen LogP contribution in [0.3, 0.4) is 0 Å². The van der Waals surface area contributed by atoms with Gasteiger partial charge in [0.05, 0.1) is 6.04 Å². The predicted molar refractivity (Wildman–Crippen MR) is 107 cm³/mol. The number of likely N-dealkylation sites (N-methyl/N-ethyl adjacent to an activating group) is 1. The van der Waals surface area contributed by atoms with E-state index in [1.54, 1.807) is 0 Å². The summed E-state index contributed by atoms with van der Waals surface area (Å²) in [6.07, 6.45) is 6.00. The Morgan fingerprint density at radius 1 is 1.35 bits per heavy atom. The molecule has 1 aliphatic heterocycles. The van der Waals surface area contributed by atoms with Crippen molar-refractivity contribution in [1.29, 1.82) is 0 Å². The maximum Gasteiger partial charge on any atom is 0.274 e. The molecule has 3 rings (SSSR count). The third kappa shape index (κ3) is 4.86. The van der Waals surface area contributed by atoms with Gasteiger partial charge >= 0.3 is 0 Å². The topological polar surface area (TPSA) is 50.2 Å². The number of halogens is 1. The molecule has 0 saturated carbocycles. The minimum absolute atomic E-state index is 0. The Balaban J connectivity index is 0.00000243. The summed E-state index contributed by atoms with van der Waals surface area (Å²) >= 11 is 0. The molecule has 1 aliphatic rings. The van der Waals surface area contributed by atoms with Crippen LogP contribution in [-0.2, 0) is 6.42 Å². The van der Waals surface area contributed by atoms with E-state index >= 15 is 0 Å². The first kappa shape index (κ1) is 20.5. The second-order valence-electron chi connectivity index (χ2n) is 6.85. The van der Waals surface area contributed by atoms with E-state index in [1.807, 2.05) is 47.1 Å². The maximum atomic E-state index is 12.9. The number of rotatable bonds is 6. The Labute approximate surface area is 162 Å². The highest BCUT2D eigenvalue weighted by atomic mass is 35.5. The summed E-state index contributed by atoms with van der Waals surface area (Å²) in [5.74, 6) is 0.00491. The molecule has 0 aliphatic carbocycles. The Bertz CT molecular complexity index is 682. The number of carbonyl (C=O) groups is 1. The lowest BCUT2D eigenvalue weighted by Crippen LogP contribution is -2.38. The van der Waals surface area contributed by atoms with Gasteiger partial charge in [0.2, 0.25) is 0 Å². The largest absolute Gasteiger partial charge is 0.337 e. The monoisotopic (exact) mass is 376 g/mol. The van der Waals surface area contributed by atoms with Gasteiger partial charge < -0.3 is 10.2 Å². The molecule has 0 bridgehead atoms. The molecule has 0 spiro atoms. The van der Waals surface area contributed by atoms with E-state index in [1.165, 1.54) is 5.56 Å². The first-order valence-corrected chi connectivity index (χ1v) is 9.26. The Morgan fingerprint density at radius 2 is 2.12 bits per heavy atom. The van der Waals surface area contributed by atoms with Gasteiger partial charge in [0.15, 0.2) is 0 Å². The molecule has 6 heteroatoms. The van der Waals surface area contributed by atoms with Crippen LogP contribution in [0.25, 0.3) is 0 Å². The maximum absolute atomic E-state index is 12.9. The Hall–Kier alpha value is -1.85. The van der Waals surface area contributed by atoms with E-state index < -0.39 is 0 Å². The average molecular weight is 377 g/mol. The van der Waals surface area contributed by atoms with Crippen LogP contribution in [0.4, 0.5) is 0 Å². The van der Waals surface area contributed by atoms with Crippen LogP contribution in [0.15, 0.2) is 42.6 Å². The fraction of sp³-hybridized carbons (Fsp3) is 0.500. The summed E-state index contributed by atoms with van der Waals surface area (Å²) in [7, 11) is 1.89. The van der Waals surface area contributed by atoms with Gasteiger partial charge in [-0.3, -0.25) is 9.48 Å². The summed E-state index contributed by atoms with van der Waals surface area (Å²) in [6.45, 7) is 4.13. The smallest absolute Gasteiger partial charge is 0.274 e. The summed E-state index contributed by atoms with van der Waals surface area (Å²) in [5.41, 5.74) is 1.80. The summed E-state index contributed by atoms with van der Waals surface area (Å²) in [5, 5.41) is 7.96. The quantitative estimate of drug-likeness (QED) is 0.841. The lowest BCUT2D eigenvalue weighted by Gasteiger charge is -2.27. The molecule has 2 unspecified atom stereocenters. The van der Waals surface area contributed by atoms with Gasteiger partial charge in [-0.25, -0.2) is 0 Å². The number of aromatic nitrogens is 2. The first-order chi connectivity index (χ1) is 12.2. The van der Waals surface area contributed by atoms with E-state index in [4.69, 9.17) is 0 Å². The van der Waals surface area contributed by atoms with Crippen LogP contribution >= 0.6 is 12.4 Å². The zero-order valence-corrected chi connectivity index (χ0v) is 16.4. The van der Waals surface area contributed by atoms with E-state index in [0.29, 0.717) is 11.7 Å². The lowest BCUT2D eigenvalue weighted by atomic mass is 10.0. The Kier molecular flexibility index (Phi) is 7.66. The van der Waals surface area contributed by atoms with Crippen LogP contribution < -0.4 is 5.32 Å². The zero-order valence-electron chi connectivity index (χ0n) is 15.6. The van der Waals surface area contributed by atoms with Crippen molar-refractivity contribution in [1.82, 2.24) is 20.0 Å². The van der Waals surface area contributed by atoms with Crippen molar-refractivity contribution in [3.8, 4) is 0 Å². The number of piperidine rings is 1. The van der Waals surface area contributed by atoms with Gasteiger partial charge in [0, 0.05) is 25.8 Å². The molecule has 1 N–H and O–H groups in total. The normalized spacial score (nSPS) is 18.0. The lowest BCUT2D eigenvalue weighted by molar-refractivity contribution is 0.0719. The van der Waals surface area contributed by atoms with Crippen molar-refractivity contribution in [2.24, 2.45) is 0 Å². The molecule has 1 saturated heterocycles. The number of carbonyl (C=O) groups excluding carboxylic acids is 1. The highest BCUT2D eigenvalue weighted by Gasteiger charge is 2.23. The second kappa shape index (κ2) is 9.74. The highest BCUT2D eigenvalue weighted by Crippen LogP contribution is 2.17. The van der Waals surface area contributed by atoms with Gasteiger partial charge in [-0.2, -0.15) is 5.10 Å². The molecule has 2 heterocycles. The van der Waals surface area contributed by atoms with Crippen molar-refractivity contribution in [2.45, 2.75) is 44.7 Å². The van der Waals surface area contributed by atoms with Crippen molar-refractivity contribution in [3.63, 3.8) is 0 Å². The van der Waals surface area contributed by atoms with Gasteiger partial charge in [-0.05, 0) is 43.9 Å². The molecule has 2 aromatic rings. The van der Waals surface area contributed by atoms with Crippen LogP contribution in [0, 0.1) is 0 Å². The summed E-state index contributed by atoms with van der Waals surface area (Å²) < 4.78 is 1.95. The van der Waals surface area contributed by atoms with Crippen LogP contribution in [0.2, 0.25) is 0 Å². The minimum Gasteiger partial charge on any atom is -0.337 e. The number of nitrogens with zero attached hydrogens (tertiary/aromatic N) is 3. The van der Waals surface area contributed by atoms with Crippen molar-refractivity contribution in [3.05, 3.63) is 53.9 Å². The van der Waals surface area contributed by atoms with E-state index in [9.17, 15) is 4.79 Å². The molecule has 1 fully saturated rings.